The number of nitrogens with two attached hydrogens (primary N) is 1. The lowest BCUT2D eigenvalue weighted by Crippen LogP contribution is -2.46. The fourth-order valence-electron chi connectivity index (χ4n) is 2.26. The van der Waals surface area contributed by atoms with Gasteiger partial charge in [0.05, 0.1) is 11.6 Å². The molecule has 0 bridgehead atoms. The standard InChI is InChI=1S/C14H18N2OS/c1-11(17)14(9-15,7-13-8-16-10-18-13)12-5-3-2-4-6-12/h2-6,8,10-11,17H,7,9,15H2,1H3. The third-order valence-corrected chi connectivity index (χ3v) is 4.27. The van der Waals surface area contributed by atoms with E-state index in [1.165, 1.54) is 0 Å². The first kappa shape index (κ1) is 13.2. The molecule has 0 radical (unpaired) electrons. The van der Waals surface area contributed by atoms with Crippen molar-refractivity contribution in [3.05, 3.63) is 52.5 Å². The summed E-state index contributed by atoms with van der Waals surface area (Å²) in [5.41, 5.74) is 8.43. The molecule has 0 amide bonds. The van der Waals surface area contributed by atoms with E-state index in [1.807, 2.05) is 42.0 Å². The molecule has 0 spiro atoms. The zero-order chi connectivity index (χ0) is 13.0. The molecule has 3 nitrogen and oxygen atoms in total. The normalized spacial score (nSPS) is 16.2. The molecule has 0 aliphatic heterocycles. The zero-order valence-corrected chi connectivity index (χ0v) is 11.2. The number of hydrogen-bond acceptors (Lipinski definition) is 4. The number of benzene rings is 1. The van der Waals surface area contributed by atoms with E-state index in [0.29, 0.717) is 6.54 Å². The number of rotatable bonds is 5. The van der Waals surface area contributed by atoms with Crippen LogP contribution in [-0.4, -0.2) is 22.7 Å². The second-order valence-corrected chi connectivity index (χ2v) is 5.52. The molecule has 0 aliphatic carbocycles. The molecule has 1 aromatic carbocycles. The van der Waals surface area contributed by atoms with Crippen LogP contribution in [0.2, 0.25) is 0 Å². The van der Waals surface area contributed by atoms with Gasteiger partial charge in [-0.3, -0.25) is 4.98 Å². The molecular weight excluding hydrogens is 244 g/mol. The fourth-order valence-corrected chi connectivity index (χ4v) is 2.98. The summed E-state index contributed by atoms with van der Waals surface area (Å²) in [4.78, 5) is 5.23. The maximum atomic E-state index is 10.2. The maximum Gasteiger partial charge on any atom is 0.0794 e. The Kier molecular flexibility index (Phi) is 4.11. The predicted molar refractivity (Wildman–Crippen MR) is 74.7 cm³/mol. The van der Waals surface area contributed by atoms with Gasteiger partial charge < -0.3 is 10.8 Å². The Morgan fingerprint density at radius 3 is 2.61 bits per heavy atom. The van der Waals surface area contributed by atoms with Crippen LogP contribution >= 0.6 is 11.3 Å². The second kappa shape index (κ2) is 5.61. The van der Waals surface area contributed by atoms with Crippen molar-refractivity contribution >= 4 is 11.3 Å². The van der Waals surface area contributed by atoms with Crippen molar-refractivity contribution in [1.82, 2.24) is 4.98 Å². The maximum absolute atomic E-state index is 10.2. The Morgan fingerprint density at radius 1 is 1.39 bits per heavy atom. The summed E-state index contributed by atoms with van der Waals surface area (Å²) in [5.74, 6) is 0. The summed E-state index contributed by atoms with van der Waals surface area (Å²) >= 11 is 1.60. The minimum absolute atomic E-state index is 0.409. The van der Waals surface area contributed by atoms with Gasteiger partial charge in [0.1, 0.15) is 0 Å². The third-order valence-electron chi connectivity index (χ3n) is 3.49. The largest absolute Gasteiger partial charge is 0.392 e. The lowest BCUT2D eigenvalue weighted by molar-refractivity contribution is 0.101. The average molecular weight is 262 g/mol. The van der Waals surface area contributed by atoms with Crippen molar-refractivity contribution in [1.29, 1.82) is 0 Å². The first-order valence-electron chi connectivity index (χ1n) is 6.00. The molecule has 0 aliphatic rings. The van der Waals surface area contributed by atoms with Crippen molar-refractivity contribution in [3.8, 4) is 0 Å². The number of thiazole rings is 1. The number of nitrogens with zero attached hydrogens (tertiary/aromatic N) is 1. The van der Waals surface area contributed by atoms with E-state index in [9.17, 15) is 5.11 Å². The quantitative estimate of drug-likeness (QED) is 0.866. The Bertz CT molecular complexity index is 470. The van der Waals surface area contributed by atoms with Gasteiger partial charge in [-0.25, -0.2) is 0 Å². The minimum Gasteiger partial charge on any atom is -0.392 e. The molecular formula is C14H18N2OS. The molecule has 18 heavy (non-hydrogen) atoms. The summed E-state index contributed by atoms with van der Waals surface area (Å²) in [7, 11) is 0. The Labute approximate surface area is 111 Å². The van der Waals surface area contributed by atoms with Crippen LogP contribution in [-0.2, 0) is 11.8 Å². The van der Waals surface area contributed by atoms with Gasteiger partial charge in [0.25, 0.3) is 0 Å². The van der Waals surface area contributed by atoms with Gasteiger partial charge in [-0.1, -0.05) is 30.3 Å². The highest BCUT2D eigenvalue weighted by atomic mass is 32.1. The average Bonchev–Trinajstić information content (AvgIpc) is 2.89. The number of aliphatic hydroxyl groups is 1. The van der Waals surface area contributed by atoms with Crippen LogP contribution in [0, 0.1) is 0 Å². The molecule has 2 aromatic rings. The van der Waals surface area contributed by atoms with Gasteiger partial charge in [0.15, 0.2) is 0 Å². The SMILES string of the molecule is CC(O)C(CN)(Cc1cncs1)c1ccccc1. The Balaban J connectivity index is 2.40. The molecule has 0 saturated heterocycles. The molecule has 2 atom stereocenters. The number of aliphatic hydroxyl groups excluding tert-OH is 1. The molecule has 1 heterocycles. The smallest absolute Gasteiger partial charge is 0.0794 e. The topological polar surface area (TPSA) is 59.1 Å². The van der Waals surface area contributed by atoms with Crippen molar-refractivity contribution < 1.29 is 5.11 Å². The minimum atomic E-state index is -0.507. The molecule has 1 aromatic heterocycles. The summed E-state index contributed by atoms with van der Waals surface area (Å²) in [6.07, 6.45) is 2.06. The predicted octanol–water partition coefficient (Wildman–Crippen LogP) is 1.96. The van der Waals surface area contributed by atoms with Crippen LogP contribution in [0.25, 0.3) is 0 Å². The lowest BCUT2D eigenvalue weighted by atomic mass is 9.73. The summed E-state index contributed by atoms with van der Waals surface area (Å²) in [6.45, 7) is 2.22. The van der Waals surface area contributed by atoms with E-state index >= 15 is 0 Å². The number of aromatic nitrogens is 1. The van der Waals surface area contributed by atoms with Gasteiger partial charge in [-0.15, -0.1) is 11.3 Å². The van der Waals surface area contributed by atoms with Crippen molar-refractivity contribution in [2.75, 3.05) is 6.54 Å². The van der Waals surface area contributed by atoms with Crippen LogP contribution in [0.5, 0.6) is 0 Å². The van der Waals surface area contributed by atoms with Crippen LogP contribution in [0.4, 0.5) is 0 Å². The van der Waals surface area contributed by atoms with Gasteiger partial charge in [-0.2, -0.15) is 0 Å². The van der Waals surface area contributed by atoms with Gasteiger partial charge in [-0.05, 0) is 18.9 Å². The zero-order valence-electron chi connectivity index (χ0n) is 10.4. The van der Waals surface area contributed by atoms with Crippen molar-refractivity contribution in [2.45, 2.75) is 24.9 Å². The van der Waals surface area contributed by atoms with E-state index in [-0.39, 0.29) is 0 Å². The molecule has 0 fully saturated rings. The highest BCUT2D eigenvalue weighted by Gasteiger charge is 2.36. The molecule has 3 N–H and O–H groups in total. The molecule has 96 valence electrons. The molecule has 2 rings (SSSR count). The van der Waals surface area contributed by atoms with E-state index in [1.54, 1.807) is 18.3 Å². The Morgan fingerprint density at radius 2 is 2.11 bits per heavy atom. The summed E-state index contributed by atoms with van der Waals surface area (Å²) < 4.78 is 0. The van der Waals surface area contributed by atoms with Crippen molar-refractivity contribution in [3.63, 3.8) is 0 Å². The monoisotopic (exact) mass is 262 g/mol. The second-order valence-electron chi connectivity index (χ2n) is 4.55. The molecule has 4 heteroatoms. The summed E-state index contributed by atoms with van der Waals surface area (Å²) in [6, 6.07) is 9.99. The summed E-state index contributed by atoms with van der Waals surface area (Å²) in [5, 5.41) is 10.2. The van der Waals surface area contributed by atoms with Crippen LogP contribution in [0.1, 0.15) is 17.4 Å². The van der Waals surface area contributed by atoms with Crippen LogP contribution in [0.3, 0.4) is 0 Å². The first-order valence-corrected chi connectivity index (χ1v) is 6.88. The third kappa shape index (κ3) is 2.46. The number of hydrogen-bond donors (Lipinski definition) is 2. The van der Waals surface area contributed by atoms with E-state index in [0.717, 1.165) is 16.9 Å². The van der Waals surface area contributed by atoms with E-state index in [2.05, 4.69) is 4.98 Å². The van der Waals surface area contributed by atoms with Crippen LogP contribution in [0.15, 0.2) is 42.0 Å². The highest BCUT2D eigenvalue weighted by Crippen LogP contribution is 2.32. The van der Waals surface area contributed by atoms with Gasteiger partial charge in [0.2, 0.25) is 0 Å². The Hall–Kier alpha value is -1.23. The van der Waals surface area contributed by atoms with Gasteiger partial charge in [0, 0.05) is 23.0 Å². The van der Waals surface area contributed by atoms with Gasteiger partial charge >= 0.3 is 0 Å². The lowest BCUT2D eigenvalue weighted by Gasteiger charge is -2.35. The van der Waals surface area contributed by atoms with Crippen LogP contribution < -0.4 is 5.73 Å². The van der Waals surface area contributed by atoms with E-state index < -0.39 is 11.5 Å². The molecule has 0 saturated carbocycles. The highest BCUT2D eigenvalue weighted by molar-refractivity contribution is 7.09. The molecule has 2 unspecified atom stereocenters. The first-order chi connectivity index (χ1) is 8.69. The fraction of sp³-hybridized carbons (Fsp3) is 0.357. The van der Waals surface area contributed by atoms with E-state index in [4.69, 9.17) is 5.73 Å². The van der Waals surface area contributed by atoms with Crippen molar-refractivity contribution in [2.24, 2.45) is 5.73 Å².